The molecule has 140 valence electrons. The van der Waals surface area contributed by atoms with Gasteiger partial charge in [0.25, 0.3) is 5.91 Å². The third-order valence-corrected chi connectivity index (χ3v) is 3.53. The number of hydrazone groups is 2. The van der Waals surface area contributed by atoms with Crippen LogP contribution in [0.3, 0.4) is 0 Å². The van der Waals surface area contributed by atoms with E-state index < -0.39 is 0 Å². The molecule has 2 aliphatic heterocycles. The maximum atomic E-state index is 11.2. The van der Waals surface area contributed by atoms with Gasteiger partial charge < -0.3 is 0 Å². The Morgan fingerprint density at radius 2 is 1.40 bits per heavy atom. The van der Waals surface area contributed by atoms with E-state index in [0.29, 0.717) is 0 Å². The highest BCUT2D eigenvalue weighted by Crippen LogP contribution is 2.12. The number of Topliss-reactive ketones (excluding diaryl/α,β-unsaturated/α-hetero) is 2. The van der Waals surface area contributed by atoms with Crippen molar-refractivity contribution in [3.63, 3.8) is 0 Å². The van der Waals surface area contributed by atoms with Crippen LogP contribution >= 0.6 is 31.9 Å². The number of nitrogens with zero attached hydrogens (tertiary/aromatic N) is 3. The fourth-order valence-corrected chi connectivity index (χ4v) is 1.87. The van der Waals surface area contributed by atoms with Gasteiger partial charge in [-0.15, -0.1) is 0 Å². The van der Waals surface area contributed by atoms with E-state index >= 15 is 0 Å². The fraction of sp³-hybridized carbons (Fsp3) is 0.600. The van der Waals surface area contributed by atoms with E-state index in [-0.39, 0.29) is 51.5 Å². The highest BCUT2D eigenvalue weighted by Gasteiger charge is 2.27. The van der Waals surface area contributed by atoms with Crippen LogP contribution in [0, 0.1) is 5.92 Å². The van der Waals surface area contributed by atoms with Crippen molar-refractivity contribution in [3.05, 3.63) is 0 Å². The number of nitrogens with one attached hydrogen (secondary N) is 1. The summed E-state index contributed by atoms with van der Waals surface area (Å²) in [6.07, 6.45) is -0.188. The quantitative estimate of drug-likeness (QED) is 0.579. The molecule has 2 heterocycles. The van der Waals surface area contributed by atoms with Gasteiger partial charge in [-0.25, -0.2) is 10.4 Å². The summed E-state index contributed by atoms with van der Waals surface area (Å²) in [5, 5.41) is 8.50. The Labute approximate surface area is 163 Å². The lowest BCUT2D eigenvalue weighted by Crippen LogP contribution is -2.39. The summed E-state index contributed by atoms with van der Waals surface area (Å²) in [5.41, 5.74) is 2.14. The molecule has 0 aromatic carbocycles. The van der Waals surface area contributed by atoms with Crippen LogP contribution in [0.1, 0.15) is 47.5 Å². The van der Waals surface area contributed by atoms with Crippen LogP contribution in [0.15, 0.2) is 10.2 Å². The Kier molecular flexibility index (Phi) is 10.6. The molecule has 0 spiro atoms. The SMILES string of the molecule is CC(C)C.CC(C)N1N=C(Br)C(=O)CC1=O.O=C1CC(=O)C(Br)=NN1. The number of halogens is 2. The van der Waals surface area contributed by atoms with Gasteiger partial charge in [0.2, 0.25) is 5.91 Å². The zero-order chi connectivity index (χ0) is 19.7. The standard InChI is InChI=1S/C7H9BrN2O2.C4H3BrN2O2.C4H10/c1-4(2)10-6(12)3-5(11)7(8)9-10;5-4-2(8)1-3(9)6-7-4;1-4(2)3/h4H,3H2,1-2H3;1H2,(H,6,9);4H,1-3H3. The second kappa shape index (κ2) is 11.2. The van der Waals surface area contributed by atoms with Gasteiger partial charge in [0, 0.05) is 6.04 Å². The Balaban J connectivity index is 0.000000391. The summed E-state index contributed by atoms with van der Waals surface area (Å²) >= 11 is 5.86. The minimum Gasteiger partial charge on any atom is -0.291 e. The first-order valence-electron chi connectivity index (χ1n) is 7.60. The Hall–Kier alpha value is -1.42. The van der Waals surface area contributed by atoms with Gasteiger partial charge in [-0.3, -0.25) is 19.2 Å². The monoisotopic (exact) mass is 480 g/mol. The van der Waals surface area contributed by atoms with Gasteiger partial charge in [-0.1, -0.05) is 20.8 Å². The highest BCUT2D eigenvalue weighted by atomic mass is 79.9. The first kappa shape index (κ1) is 23.6. The lowest BCUT2D eigenvalue weighted by molar-refractivity contribution is -0.136. The van der Waals surface area contributed by atoms with Gasteiger partial charge in [-0.2, -0.15) is 10.2 Å². The molecule has 0 saturated heterocycles. The van der Waals surface area contributed by atoms with E-state index in [9.17, 15) is 19.2 Å². The van der Waals surface area contributed by atoms with Crippen LogP contribution in [-0.2, 0) is 19.2 Å². The average molecular weight is 482 g/mol. The molecule has 0 aromatic rings. The van der Waals surface area contributed by atoms with Gasteiger partial charge in [0.05, 0.1) is 12.8 Å². The van der Waals surface area contributed by atoms with Crippen molar-refractivity contribution in [1.82, 2.24) is 10.4 Å². The maximum Gasteiger partial charge on any atom is 0.250 e. The molecule has 0 saturated carbocycles. The maximum absolute atomic E-state index is 11.2. The van der Waals surface area contributed by atoms with Crippen LogP contribution in [0.25, 0.3) is 0 Å². The summed E-state index contributed by atoms with van der Waals surface area (Å²) < 4.78 is 0.415. The minimum absolute atomic E-state index is 0.00171. The second-order valence-corrected chi connectivity index (χ2v) is 7.59. The van der Waals surface area contributed by atoms with Gasteiger partial charge in [0.1, 0.15) is 0 Å². The van der Waals surface area contributed by atoms with Crippen LogP contribution in [0.5, 0.6) is 0 Å². The molecular weight excluding hydrogens is 460 g/mol. The average Bonchev–Trinajstić information content (AvgIpc) is 2.47. The van der Waals surface area contributed by atoms with Crippen molar-refractivity contribution in [3.8, 4) is 0 Å². The topological polar surface area (TPSA) is 108 Å². The van der Waals surface area contributed by atoms with Crippen LogP contribution in [0.2, 0.25) is 0 Å². The highest BCUT2D eigenvalue weighted by molar-refractivity contribution is 9.19. The largest absolute Gasteiger partial charge is 0.291 e. The molecule has 2 amide bonds. The molecule has 2 aliphatic rings. The molecule has 10 heteroatoms. The third kappa shape index (κ3) is 9.59. The van der Waals surface area contributed by atoms with Crippen molar-refractivity contribution < 1.29 is 19.2 Å². The molecule has 0 radical (unpaired) electrons. The van der Waals surface area contributed by atoms with Crippen molar-refractivity contribution in [2.24, 2.45) is 16.1 Å². The van der Waals surface area contributed by atoms with Gasteiger partial charge >= 0.3 is 0 Å². The van der Waals surface area contributed by atoms with E-state index in [2.05, 4.69) is 68.3 Å². The minimum atomic E-state index is -0.358. The Bertz CT molecular complexity index is 598. The predicted octanol–water partition coefficient (Wildman–Crippen LogP) is 2.35. The Morgan fingerprint density at radius 1 is 0.920 bits per heavy atom. The van der Waals surface area contributed by atoms with Gasteiger partial charge in [-0.05, 0) is 51.6 Å². The lowest BCUT2D eigenvalue weighted by Gasteiger charge is -2.24. The zero-order valence-corrected chi connectivity index (χ0v) is 18.0. The zero-order valence-electron chi connectivity index (χ0n) is 14.8. The van der Waals surface area contributed by atoms with E-state index in [1.165, 1.54) is 5.01 Å². The molecule has 25 heavy (non-hydrogen) atoms. The van der Waals surface area contributed by atoms with Crippen LogP contribution in [0.4, 0.5) is 0 Å². The molecule has 0 bridgehead atoms. The number of carbonyl (C=O) groups is 4. The smallest absolute Gasteiger partial charge is 0.250 e. The summed E-state index contributed by atoms with van der Waals surface area (Å²) in [7, 11) is 0. The summed E-state index contributed by atoms with van der Waals surface area (Å²) in [6.45, 7) is 10.2. The van der Waals surface area contributed by atoms with E-state index in [4.69, 9.17) is 0 Å². The van der Waals surface area contributed by atoms with Crippen molar-refractivity contribution in [2.45, 2.75) is 53.5 Å². The number of hydrogen-bond acceptors (Lipinski definition) is 6. The molecule has 2 rings (SSSR count). The van der Waals surface area contributed by atoms with Gasteiger partial charge in [0.15, 0.2) is 20.8 Å². The number of ketones is 2. The number of hydrogen-bond donors (Lipinski definition) is 1. The number of amides is 2. The van der Waals surface area contributed by atoms with E-state index in [1.807, 2.05) is 13.8 Å². The molecule has 0 aromatic heterocycles. The first-order chi connectivity index (χ1) is 11.5. The summed E-state index contributed by atoms with van der Waals surface area (Å²) in [6, 6.07) is -0.00171. The molecular formula is C15H22Br2N4O4. The normalized spacial score (nSPS) is 17.2. The molecule has 8 nitrogen and oxygen atoms in total. The van der Waals surface area contributed by atoms with Crippen molar-refractivity contribution in [1.29, 1.82) is 0 Å². The van der Waals surface area contributed by atoms with Crippen molar-refractivity contribution in [2.75, 3.05) is 0 Å². The number of rotatable bonds is 1. The molecule has 0 atom stereocenters. The van der Waals surface area contributed by atoms with E-state index in [1.54, 1.807) is 0 Å². The van der Waals surface area contributed by atoms with Crippen LogP contribution < -0.4 is 5.43 Å². The fourth-order valence-electron chi connectivity index (χ4n) is 1.33. The van der Waals surface area contributed by atoms with Crippen molar-refractivity contribution >= 4 is 64.5 Å². The lowest BCUT2D eigenvalue weighted by atomic mass is 10.2. The molecule has 1 N–H and O–H groups in total. The predicted molar refractivity (Wildman–Crippen MR) is 103 cm³/mol. The number of carbonyl (C=O) groups excluding carboxylic acids is 4. The molecule has 0 unspecified atom stereocenters. The van der Waals surface area contributed by atoms with E-state index in [0.717, 1.165) is 5.92 Å². The molecule has 0 fully saturated rings. The summed E-state index contributed by atoms with van der Waals surface area (Å²) in [4.78, 5) is 43.0. The molecule has 0 aliphatic carbocycles. The Morgan fingerprint density at radius 3 is 1.80 bits per heavy atom. The third-order valence-electron chi connectivity index (χ3n) is 2.31. The van der Waals surface area contributed by atoms with Crippen LogP contribution in [-0.4, -0.2) is 43.7 Å². The summed E-state index contributed by atoms with van der Waals surface area (Å²) in [5.74, 6) is -0.294. The second-order valence-electron chi connectivity index (χ2n) is 6.09. The first-order valence-corrected chi connectivity index (χ1v) is 9.18.